The van der Waals surface area contributed by atoms with E-state index >= 15 is 0 Å². The Balaban J connectivity index is 1.96. The van der Waals surface area contributed by atoms with Gasteiger partial charge in [0, 0.05) is 5.92 Å². The first kappa shape index (κ1) is 16.1. The van der Waals surface area contributed by atoms with Crippen LogP contribution in [0.1, 0.15) is 22.6 Å². The molecule has 3 aromatic rings. The van der Waals surface area contributed by atoms with E-state index in [2.05, 4.69) is 72.8 Å². The molecular weight excluding hydrogens is 296 g/mol. The second kappa shape index (κ2) is 7.69. The fourth-order valence-electron chi connectivity index (χ4n) is 3.04. The molecule has 0 saturated heterocycles. The molecule has 0 aliphatic rings. The zero-order valence-electron chi connectivity index (χ0n) is 14.1. The molecular formula is C22H22O2. The zero-order chi connectivity index (χ0) is 16.8. The van der Waals surface area contributed by atoms with E-state index < -0.39 is 0 Å². The molecule has 0 fully saturated rings. The van der Waals surface area contributed by atoms with E-state index in [0.29, 0.717) is 5.92 Å². The van der Waals surface area contributed by atoms with Crippen LogP contribution in [0.4, 0.5) is 0 Å². The molecule has 2 nitrogen and oxygen atoms in total. The summed E-state index contributed by atoms with van der Waals surface area (Å²) in [5.41, 5.74) is 3.86. The van der Waals surface area contributed by atoms with Gasteiger partial charge in [0.15, 0.2) is 11.5 Å². The zero-order valence-corrected chi connectivity index (χ0v) is 14.1. The largest absolute Gasteiger partial charge is 0.493 e. The normalized spacial score (nSPS) is 10.6. The summed E-state index contributed by atoms with van der Waals surface area (Å²) < 4.78 is 10.8. The first-order valence-electron chi connectivity index (χ1n) is 8.12. The Kier molecular flexibility index (Phi) is 5.17. The van der Waals surface area contributed by atoms with Crippen LogP contribution >= 0.6 is 0 Å². The average Bonchev–Trinajstić information content (AvgIpc) is 2.67. The summed E-state index contributed by atoms with van der Waals surface area (Å²) in [6.07, 6.45) is 0.911. The van der Waals surface area contributed by atoms with Gasteiger partial charge in [-0.3, -0.25) is 0 Å². The van der Waals surface area contributed by atoms with E-state index in [4.69, 9.17) is 9.47 Å². The number of ether oxygens (including phenoxy) is 2. The van der Waals surface area contributed by atoms with Gasteiger partial charge in [-0.05, 0) is 35.2 Å². The second-order valence-electron chi connectivity index (χ2n) is 5.77. The lowest BCUT2D eigenvalue weighted by molar-refractivity contribution is 0.354. The van der Waals surface area contributed by atoms with Gasteiger partial charge in [-0.1, -0.05) is 66.7 Å². The van der Waals surface area contributed by atoms with Crippen LogP contribution in [-0.4, -0.2) is 14.2 Å². The molecule has 3 aromatic carbocycles. The van der Waals surface area contributed by atoms with Crippen molar-refractivity contribution in [1.29, 1.82) is 0 Å². The molecule has 0 saturated carbocycles. The molecule has 0 aliphatic carbocycles. The third-order valence-corrected chi connectivity index (χ3v) is 4.29. The highest BCUT2D eigenvalue weighted by Gasteiger charge is 2.16. The molecule has 3 rings (SSSR count). The Morgan fingerprint density at radius 3 is 1.71 bits per heavy atom. The van der Waals surface area contributed by atoms with Gasteiger partial charge in [-0.2, -0.15) is 0 Å². The van der Waals surface area contributed by atoms with Crippen LogP contribution < -0.4 is 9.47 Å². The average molecular weight is 318 g/mol. The highest BCUT2D eigenvalue weighted by atomic mass is 16.5. The summed E-state index contributed by atoms with van der Waals surface area (Å²) in [6.45, 7) is 0. The SMILES string of the molecule is COc1ccc(CC(c2ccccc2)c2ccccc2)cc1OC. The van der Waals surface area contributed by atoms with Gasteiger partial charge in [0.25, 0.3) is 0 Å². The quantitative estimate of drug-likeness (QED) is 0.631. The molecule has 0 aliphatic heterocycles. The number of benzene rings is 3. The Morgan fingerprint density at radius 1 is 0.667 bits per heavy atom. The molecule has 0 bridgehead atoms. The van der Waals surface area contributed by atoms with Crippen molar-refractivity contribution in [3.63, 3.8) is 0 Å². The van der Waals surface area contributed by atoms with E-state index in [-0.39, 0.29) is 0 Å². The molecule has 24 heavy (non-hydrogen) atoms. The maximum Gasteiger partial charge on any atom is 0.160 e. The Morgan fingerprint density at radius 2 is 1.21 bits per heavy atom. The van der Waals surface area contributed by atoms with Gasteiger partial charge < -0.3 is 9.47 Å². The summed E-state index contributed by atoms with van der Waals surface area (Å²) in [5.74, 6) is 1.84. The minimum absolute atomic E-state index is 0.311. The van der Waals surface area contributed by atoms with Crippen LogP contribution in [0.15, 0.2) is 78.9 Å². The molecule has 0 unspecified atom stereocenters. The Labute approximate surface area is 143 Å². The van der Waals surface area contributed by atoms with Crippen molar-refractivity contribution in [1.82, 2.24) is 0 Å². The molecule has 0 N–H and O–H groups in total. The summed E-state index contributed by atoms with van der Waals surface area (Å²) in [6, 6.07) is 27.4. The van der Waals surface area contributed by atoms with Crippen molar-refractivity contribution in [3.8, 4) is 11.5 Å². The molecule has 0 spiro atoms. The third-order valence-electron chi connectivity index (χ3n) is 4.29. The lowest BCUT2D eigenvalue weighted by Crippen LogP contribution is -2.05. The molecule has 0 radical (unpaired) electrons. The lowest BCUT2D eigenvalue weighted by Gasteiger charge is -2.19. The van der Waals surface area contributed by atoms with Gasteiger partial charge in [-0.25, -0.2) is 0 Å². The number of methoxy groups -OCH3 is 2. The number of hydrogen-bond acceptors (Lipinski definition) is 2. The number of rotatable bonds is 6. The highest BCUT2D eigenvalue weighted by molar-refractivity contribution is 5.44. The maximum atomic E-state index is 5.44. The number of hydrogen-bond donors (Lipinski definition) is 0. The standard InChI is InChI=1S/C22H22O2/c1-23-21-14-13-17(16-22(21)24-2)15-20(18-9-5-3-6-10-18)19-11-7-4-8-12-19/h3-14,16,20H,15H2,1-2H3. The van der Waals surface area contributed by atoms with Crippen LogP contribution in [-0.2, 0) is 6.42 Å². The van der Waals surface area contributed by atoms with Gasteiger partial charge in [-0.15, -0.1) is 0 Å². The molecule has 0 aromatic heterocycles. The topological polar surface area (TPSA) is 18.5 Å². The molecule has 122 valence electrons. The molecule has 0 amide bonds. The van der Waals surface area contributed by atoms with Crippen LogP contribution in [0.2, 0.25) is 0 Å². The fourth-order valence-corrected chi connectivity index (χ4v) is 3.04. The van der Waals surface area contributed by atoms with Crippen LogP contribution in [0.5, 0.6) is 11.5 Å². The van der Waals surface area contributed by atoms with Crippen molar-refractivity contribution >= 4 is 0 Å². The second-order valence-corrected chi connectivity index (χ2v) is 5.77. The first-order chi connectivity index (χ1) is 11.8. The van der Waals surface area contributed by atoms with Crippen LogP contribution in [0.3, 0.4) is 0 Å². The third kappa shape index (κ3) is 3.60. The van der Waals surface area contributed by atoms with E-state index in [1.807, 2.05) is 6.07 Å². The van der Waals surface area contributed by atoms with Crippen LogP contribution in [0.25, 0.3) is 0 Å². The molecule has 2 heteroatoms. The summed E-state index contributed by atoms with van der Waals surface area (Å²) in [7, 11) is 3.34. The van der Waals surface area contributed by atoms with Gasteiger partial charge in [0.1, 0.15) is 0 Å². The Bertz CT molecular complexity index is 727. The maximum absolute atomic E-state index is 5.44. The summed E-state index contributed by atoms with van der Waals surface area (Å²) in [4.78, 5) is 0. The van der Waals surface area contributed by atoms with E-state index in [1.54, 1.807) is 14.2 Å². The monoisotopic (exact) mass is 318 g/mol. The van der Waals surface area contributed by atoms with Crippen molar-refractivity contribution in [2.75, 3.05) is 14.2 Å². The van der Waals surface area contributed by atoms with Gasteiger partial charge >= 0.3 is 0 Å². The predicted molar refractivity (Wildman–Crippen MR) is 98.0 cm³/mol. The van der Waals surface area contributed by atoms with Gasteiger partial charge in [0.2, 0.25) is 0 Å². The predicted octanol–water partition coefficient (Wildman–Crippen LogP) is 5.08. The Hall–Kier alpha value is -2.74. The van der Waals surface area contributed by atoms with Crippen molar-refractivity contribution < 1.29 is 9.47 Å². The first-order valence-corrected chi connectivity index (χ1v) is 8.12. The van der Waals surface area contributed by atoms with Crippen molar-refractivity contribution in [2.24, 2.45) is 0 Å². The van der Waals surface area contributed by atoms with E-state index in [0.717, 1.165) is 17.9 Å². The van der Waals surface area contributed by atoms with Crippen LogP contribution in [0, 0.1) is 0 Å². The van der Waals surface area contributed by atoms with Gasteiger partial charge in [0.05, 0.1) is 14.2 Å². The summed E-state index contributed by atoms with van der Waals surface area (Å²) >= 11 is 0. The lowest BCUT2D eigenvalue weighted by atomic mass is 9.86. The molecule has 0 heterocycles. The minimum Gasteiger partial charge on any atom is -0.493 e. The highest BCUT2D eigenvalue weighted by Crippen LogP contribution is 2.32. The smallest absolute Gasteiger partial charge is 0.160 e. The minimum atomic E-state index is 0.311. The van der Waals surface area contributed by atoms with E-state index in [1.165, 1.54) is 16.7 Å². The summed E-state index contributed by atoms with van der Waals surface area (Å²) in [5, 5.41) is 0. The molecule has 0 atom stereocenters. The van der Waals surface area contributed by atoms with Crippen molar-refractivity contribution in [3.05, 3.63) is 95.6 Å². The van der Waals surface area contributed by atoms with Crippen molar-refractivity contribution in [2.45, 2.75) is 12.3 Å². The fraction of sp³-hybridized carbons (Fsp3) is 0.182. The van der Waals surface area contributed by atoms with E-state index in [9.17, 15) is 0 Å².